The monoisotopic (exact) mass is 260 g/mol. The molecule has 0 aromatic carbocycles. The van der Waals surface area contributed by atoms with Gasteiger partial charge in [-0.1, -0.05) is 0 Å². The van der Waals surface area contributed by atoms with Crippen LogP contribution < -0.4 is 5.32 Å². The first-order valence-electron chi connectivity index (χ1n) is 5.92. The van der Waals surface area contributed by atoms with Crippen LogP contribution in [-0.4, -0.2) is 51.2 Å². The summed E-state index contributed by atoms with van der Waals surface area (Å²) in [4.78, 5) is 17.0. The molecular formula is C12H16N6O. The number of aromatic nitrogens is 4. The number of hydrogen-bond donors (Lipinski definition) is 1. The number of nitrogens with zero attached hydrogens (tertiary/aromatic N) is 5. The maximum absolute atomic E-state index is 11.6. The molecule has 0 saturated carbocycles. The van der Waals surface area contributed by atoms with Crippen molar-refractivity contribution in [2.45, 2.75) is 6.54 Å². The van der Waals surface area contributed by atoms with Crippen LogP contribution in [0.5, 0.6) is 0 Å². The van der Waals surface area contributed by atoms with Crippen molar-refractivity contribution in [1.29, 1.82) is 0 Å². The van der Waals surface area contributed by atoms with Gasteiger partial charge in [0.15, 0.2) is 5.69 Å². The Morgan fingerprint density at radius 2 is 2.21 bits per heavy atom. The number of imidazole rings is 1. The second kappa shape index (κ2) is 5.94. The Labute approximate surface area is 111 Å². The lowest BCUT2D eigenvalue weighted by atomic mass is 10.3. The van der Waals surface area contributed by atoms with E-state index < -0.39 is 0 Å². The van der Waals surface area contributed by atoms with Crippen molar-refractivity contribution in [2.24, 2.45) is 0 Å². The molecule has 0 radical (unpaired) electrons. The Bertz CT molecular complexity index is 520. The highest BCUT2D eigenvalue weighted by Crippen LogP contribution is 2.03. The molecule has 2 rings (SSSR count). The van der Waals surface area contributed by atoms with E-state index in [0.29, 0.717) is 18.1 Å². The van der Waals surface area contributed by atoms with Gasteiger partial charge in [-0.3, -0.25) is 4.79 Å². The van der Waals surface area contributed by atoms with Gasteiger partial charge in [0.25, 0.3) is 5.91 Å². The molecule has 0 bridgehead atoms. The SMILES string of the molecule is CN(C)C(=O)c1ccc(NCCn2ccnc2)nn1. The van der Waals surface area contributed by atoms with E-state index in [4.69, 9.17) is 0 Å². The van der Waals surface area contributed by atoms with E-state index in [1.165, 1.54) is 4.90 Å². The minimum Gasteiger partial charge on any atom is -0.367 e. The van der Waals surface area contributed by atoms with Crippen LogP contribution in [0.15, 0.2) is 30.9 Å². The molecule has 2 aromatic heterocycles. The molecule has 2 heterocycles. The fraction of sp³-hybridized carbons (Fsp3) is 0.333. The van der Waals surface area contributed by atoms with Gasteiger partial charge in [-0.25, -0.2) is 4.98 Å². The minimum atomic E-state index is -0.155. The van der Waals surface area contributed by atoms with Gasteiger partial charge in [-0.05, 0) is 12.1 Å². The summed E-state index contributed by atoms with van der Waals surface area (Å²) < 4.78 is 1.96. The maximum Gasteiger partial charge on any atom is 0.273 e. The molecule has 0 aliphatic heterocycles. The molecule has 2 aromatic rings. The van der Waals surface area contributed by atoms with Crippen LogP contribution in [0.2, 0.25) is 0 Å². The van der Waals surface area contributed by atoms with Crippen LogP contribution >= 0.6 is 0 Å². The Morgan fingerprint density at radius 1 is 1.37 bits per heavy atom. The average molecular weight is 260 g/mol. The Kier molecular flexibility index (Phi) is 4.07. The average Bonchev–Trinajstić information content (AvgIpc) is 2.92. The first kappa shape index (κ1) is 13.0. The van der Waals surface area contributed by atoms with E-state index >= 15 is 0 Å². The standard InChI is InChI=1S/C12H16N6O/c1-17(2)12(19)10-3-4-11(16-15-10)14-6-8-18-7-5-13-9-18/h3-5,7,9H,6,8H2,1-2H3,(H,14,16). The van der Waals surface area contributed by atoms with Crippen LogP contribution in [0.25, 0.3) is 0 Å². The van der Waals surface area contributed by atoms with Crippen molar-refractivity contribution in [3.8, 4) is 0 Å². The van der Waals surface area contributed by atoms with Gasteiger partial charge in [0.05, 0.1) is 6.33 Å². The molecule has 0 spiro atoms. The number of amides is 1. The minimum absolute atomic E-state index is 0.155. The largest absolute Gasteiger partial charge is 0.367 e. The molecule has 0 aliphatic carbocycles. The molecule has 1 amide bonds. The molecule has 100 valence electrons. The predicted molar refractivity (Wildman–Crippen MR) is 70.8 cm³/mol. The zero-order chi connectivity index (χ0) is 13.7. The van der Waals surface area contributed by atoms with Crippen LogP contribution in [0.1, 0.15) is 10.5 Å². The Hall–Kier alpha value is -2.44. The van der Waals surface area contributed by atoms with Crippen LogP contribution in [0.3, 0.4) is 0 Å². The van der Waals surface area contributed by atoms with E-state index in [0.717, 1.165) is 6.54 Å². The quantitative estimate of drug-likeness (QED) is 0.846. The van der Waals surface area contributed by atoms with Crippen molar-refractivity contribution in [3.05, 3.63) is 36.5 Å². The van der Waals surface area contributed by atoms with E-state index in [1.807, 2.05) is 10.8 Å². The topological polar surface area (TPSA) is 75.9 Å². The number of hydrogen-bond acceptors (Lipinski definition) is 5. The lowest BCUT2D eigenvalue weighted by Crippen LogP contribution is -2.23. The van der Waals surface area contributed by atoms with E-state index in [9.17, 15) is 4.79 Å². The smallest absolute Gasteiger partial charge is 0.273 e. The van der Waals surface area contributed by atoms with Crippen LogP contribution in [0.4, 0.5) is 5.82 Å². The Balaban J connectivity index is 1.86. The van der Waals surface area contributed by atoms with Crippen LogP contribution in [0, 0.1) is 0 Å². The van der Waals surface area contributed by atoms with Crippen molar-refractivity contribution in [1.82, 2.24) is 24.6 Å². The zero-order valence-corrected chi connectivity index (χ0v) is 10.9. The fourth-order valence-corrected chi connectivity index (χ4v) is 1.50. The van der Waals surface area contributed by atoms with E-state index in [2.05, 4.69) is 20.5 Å². The molecule has 0 atom stereocenters. The number of carbonyl (C=O) groups is 1. The third kappa shape index (κ3) is 3.51. The normalized spacial score (nSPS) is 10.2. The van der Waals surface area contributed by atoms with Gasteiger partial charge >= 0.3 is 0 Å². The Morgan fingerprint density at radius 3 is 2.79 bits per heavy atom. The first-order chi connectivity index (χ1) is 9.16. The summed E-state index contributed by atoms with van der Waals surface area (Å²) in [6.07, 6.45) is 5.39. The van der Waals surface area contributed by atoms with Gasteiger partial charge in [-0.2, -0.15) is 0 Å². The second-order valence-electron chi connectivity index (χ2n) is 4.23. The molecule has 0 fully saturated rings. The number of carbonyl (C=O) groups excluding carboxylic acids is 1. The molecule has 7 heteroatoms. The zero-order valence-electron chi connectivity index (χ0n) is 10.9. The highest BCUT2D eigenvalue weighted by atomic mass is 16.2. The van der Waals surface area contributed by atoms with Crippen LogP contribution in [-0.2, 0) is 6.54 Å². The third-order valence-corrected chi connectivity index (χ3v) is 2.53. The third-order valence-electron chi connectivity index (χ3n) is 2.53. The maximum atomic E-state index is 11.6. The van der Waals surface area contributed by atoms with Crippen molar-refractivity contribution in [3.63, 3.8) is 0 Å². The summed E-state index contributed by atoms with van der Waals surface area (Å²) in [6.45, 7) is 1.51. The van der Waals surface area contributed by atoms with Crippen molar-refractivity contribution >= 4 is 11.7 Å². The molecule has 19 heavy (non-hydrogen) atoms. The number of nitrogens with one attached hydrogen (secondary N) is 1. The molecule has 0 aliphatic rings. The highest BCUT2D eigenvalue weighted by Gasteiger charge is 2.09. The summed E-state index contributed by atoms with van der Waals surface area (Å²) in [5.74, 6) is 0.493. The van der Waals surface area contributed by atoms with Gasteiger partial charge in [0, 0.05) is 39.6 Å². The summed E-state index contributed by atoms with van der Waals surface area (Å²) in [7, 11) is 3.36. The van der Waals surface area contributed by atoms with Gasteiger partial charge in [-0.15, -0.1) is 10.2 Å². The van der Waals surface area contributed by atoms with Gasteiger partial charge < -0.3 is 14.8 Å². The molecule has 1 N–H and O–H groups in total. The van der Waals surface area contributed by atoms with Gasteiger partial charge in [0.2, 0.25) is 0 Å². The summed E-state index contributed by atoms with van der Waals surface area (Å²) >= 11 is 0. The lowest BCUT2D eigenvalue weighted by Gasteiger charge is -2.09. The molecular weight excluding hydrogens is 244 g/mol. The highest BCUT2D eigenvalue weighted by molar-refractivity contribution is 5.91. The summed E-state index contributed by atoms with van der Waals surface area (Å²) in [5.41, 5.74) is 0.338. The molecule has 7 nitrogen and oxygen atoms in total. The number of rotatable bonds is 5. The first-order valence-corrected chi connectivity index (χ1v) is 5.92. The molecule has 0 unspecified atom stereocenters. The van der Waals surface area contributed by atoms with Crippen molar-refractivity contribution in [2.75, 3.05) is 26.0 Å². The van der Waals surface area contributed by atoms with Crippen molar-refractivity contribution < 1.29 is 4.79 Å². The summed E-state index contributed by atoms with van der Waals surface area (Å²) in [5, 5.41) is 11.0. The number of anilines is 1. The second-order valence-corrected chi connectivity index (χ2v) is 4.23. The van der Waals surface area contributed by atoms with E-state index in [1.54, 1.807) is 38.8 Å². The fourth-order valence-electron chi connectivity index (χ4n) is 1.50. The molecule has 0 saturated heterocycles. The predicted octanol–water partition coefficient (Wildman–Crippen LogP) is 0.487. The van der Waals surface area contributed by atoms with Gasteiger partial charge in [0.1, 0.15) is 5.82 Å². The summed E-state index contributed by atoms with van der Waals surface area (Å²) in [6, 6.07) is 3.41. The van der Waals surface area contributed by atoms with E-state index in [-0.39, 0.29) is 5.91 Å². The lowest BCUT2D eigenvalue weighted by molar-refractivity contribution is 0.0821.